The van der Waals surface area contributed by atoms with Crippen LogP contribution in [0.1, 0.15) is 16.2 Å². The summed E-state index contributed by atoms with van der Waals surface area (Å²) in [6.07, 6.45) is -4.81. The molecule has 1 N–H and O–H groups in total. The molecule has 4 nitrogen and oxygen atoms in total. The number of nitrogens with zero attached hydrogens (tertiary/aromatic N) is 1. The number of aryl methyl sites for hydroxylation is 1. The van der Waals surface area contributed by atoms with Gasteiger partial charge >= 0.3 is 12.3 Å². The highest BCUT2D eigenvalue weighted by Crippen LogP contribution is 2.24. The van der Waals surface area contributed by atoms with Crippen molar-refractivity contribution in [3.05, 3.63) is 23.5 Å². The fourth-order valence-electron chi connectivity index (χ4n) is 0.900. The zero-order valence-corrected chi connectivity index (χ0v) is 7.50. The molecule has 0 radical (unpaired) electrons. The molecule has 0 atom stereocenters. The summed E-state index contributed by atoms with van der Waals surface area (Å²) < 4.78 is 39.1. The summed E-state index contributed by atoms with van der Waals surface area (Å²) >= 11 is 0. The SMILES string of the molecule is Cc1nc(C(=O)O)ccc1OC(F)(F)F. The Morgan fingerprint density at radius 3 is 2.47 bits per heavy atom. The zero-order chi connectivity index (χ0) is 11.6. The fourth-order valence-corrected chi connectivity index (χ4v) is 0.900. The summed E-state index contributed by atoms with van der Waals surface area (Å²) in [6.45, 7) is 1.23. The van der Waals surface area contributed by atoms with E-state index in [1.54, 1.807) is 0 Å². The van der Waals surface area contributed by atoms with E-state index in [0.29, 0.717) is 0 Å². The number of aromatic nitrogens is 1. The van der Waals surface area contributed by atoms with Crippen molar-refractivity contribution in [2.75, 3.05) is 0 Å². The van der Waals surface area contributed by atoms with Gasteiger partial charge in [0.1, 0.15) is 5.69 Å². The minimum atomic E-state index is -4.81. The lowest BCUT2D eigenvalue weighted by atomic mass is 10.3. The molecule has 15 heavy (non-hydrogen) atoms. The van der Waals surface area contributed by atoms with Gasteiger partial charge < -0.3 is 9.84 Å². The molecule has 1 rings (SSSR count). The van der Waals surface area contributed by atoms with Crippen molar-refractivity contribution in [3.8, 4) is 5.75 Å². The predicted molar refractivity (Wildman–Crippen MR) is 42.6 cm³/mol. The van der Waals surface area contributed by atoms with Gasteiger partial charge in [0.05, 0.1) is 5.69 Å². The molecule has 0 spiro atoms. The van der Waals surface area contributed by atoms with E-state index in [2.05, 4.69) is 9.72 Å². The van der Waals surface area contributed by atoms with Crippen LogP contribution in [-0.2, 0) is 0 Å². The van der Waals surface area contributed by atoms with Crippen LogP contribution in [0, 0.1) is 6.92 Å². The van der Waals surface area contributed by atoms with Gasteiger partial charge in [-0.3, -0.25) is 0 Å². The van der Waals surface area contributed by atoms with Crippen LogP contribution in [0.2, 0.25) is 0 Å². The molecule has 1 aromatic rings. The first kappa shape index (κ1) is 11.3. The molecule has 1 heterocycles. The second kappa shape index (κ2) is 3.76. The Morgan fingerprint density at radius 2 is 2.07 bits per heavy atom. The van der Waals surface area contributed by atoms with E-state index in [9.17, 15) is 18.0 Å². The van der Waals surface area contributed by atoms with Crippen LogP contribution in [0.15, 0.2) is 12.1 Å². The molecule has 0 saturated carbocycles. The van der Waals surface area contributed by atoms with E-state index in [0.717, 1.165) is 12.1 Å². The molecular weight excluding hydrogens is 215 g/mol. The van der Waals surface area contributed by atoms with E-state index < -0.39 is 18.1 Å². The molecule has 0 bridgehead atoms. The van der Waals surface area contributed by atoms with Crippen molar-refractivity contribution in [1.82, 2.24) is 4.98 Å². The highest BCUT2D eigenvalue weighted by atomic mass is 19.4. The minimum absolute atomic E-state index is 0.132. The number of carboxylic acid groups (broad SMARTS) is 1. The quantitative estimate of drug-likeness (QED) is 0.829. The molecule has 0 aliphatic rings. The van der Waals surface area contributed by atoms with Gasteiger partial charge in [-0.25, -0.2) is 9.78 Å². The summed E-state index contributed by atoms with van der Waals surface area (Å²) in [6, 6.07) is 1.86. The minimum Gasteiger partial charge on any atom is -0.477 e. The molecule has 0 unspecified atom stereocenters. The number of aromatic carboxylic acids is 1. The van der Waals surface area contributed by atoms with Crippen LogP contribution in [-0.4, -0.2) is 22.4 Å². The zero-order valence-electron chi connectivity index (χ0n) is 7.50. The van der Waals surface area contributed by atoms with E-state index in [-0.39, 0.29) is 11.4 Å². The van der Waals surface area contributed by atoms with Crippen LogP contribution in [0.3, 0.4) is 0 Å². The molecule has 0 aliphatic heterocycles. The van der Waals surface area contributed by atoms with Crippen LogP contribution in [0.5, 0.6) is 5.75 Å². The van der Waals surface area contributed by atoms with Gasteiger partial charge in [-0.05, 0) is 19.1 Å². The molecule has 0 aliphatic carbocycles. The van der Waals surface area contributed by atoms with Crippen LogP contribution in [0.25, 0.3) is 0 Å². The molecule has 0 saturated heterocycles. The third-order valence-corrected chi connectivity index (χ3v) is 1.48. The van der Waals surface area contributed by atoms with E-state index in [4.69, 9.17) is 5.11 Å². The average molecular weight is 221 g/mol. The highest BCUT2D eigenvalue weighted by molar-refractivity contribution is 5.85. The Balaban J connectivity index is 2.99. The third-order valence-electron chi connectivity index (χ3n) is 1.48. The topological polar surface area (TPSA) is 59.4 Å². The maximum Gasteiger partial charge on any atom is 0.573 e. The van der Waals surface area contributed by atoms with Gasteiger partial charge in [0.2, 0.25) is 0 Å². The molecule has 1 aromatic heterocycles. The molecule has 82 valence electrons. The Labute approximate surface area is 82.3 Å². The normalized spacial score (nSPS) is 11.2. The van der Waals surface area contributed by atoms with Crippen molar-refractivity contribution in [2.24, 2.45) is 0 Å². The molecule has 0 fully saturated rings. The number of alkyl halides is 3. The van der Waals surface area contributed by atoms with E-state index in [1.165, 1.54) is 6.92 Å². The number of halogens is 3. The lowest BCUT2D eigenvalue weighted by Crippen LogP contribution is -2.18. The van der Waals surface area contributed by atoms with Crippen molar-refractivity contribution in [1.29, 1.82) is 0 Å². The lowest BCUT2D eigenvalue weighted by Gasteiger charge is -2.10. The van der Waals surface area contributed by atoms with Gasteiger partial charge in [-0.1, -0.05) is 0 Å². The Bertz CT molecular complexity index is 389. The Hall–Kier alpha value is -1.79. The first-order valence-electron chi connectivity index (χ1n) is 3.76. The second-order valence-electron chi connectivity index (χ2n) is 2.63. The maximum absolute atomic E-state index is 11.8. The highest BCUT2D eigenvalue weighted by Gasteiger charge is 2.32. The van der Waals surface area contributed by atoms with Crippen LogP contribution < -0.4 is 4.74 Å². The molecule has 0 aromatic carbocycles. The first-order valence-corrected chi connectivity index (χ1v) is 3.76. The number of carboxylic acids is 1. The molecular formula is C8H6F3NO3. The number of pyridine rings is 1. The Kier molecular flexibility index (Phi) is 2.83. The number of ether oxygens (including phenoxy) is 1. The largest absolute Gasteiger partial charge is 0.573 e. The van der Waals surface area contributed by atoms with Gasteiger partial charge in [0.25, 0.3) is 0 Å². The molecule has 7 heteroatoms. The van der Waals surface area contributed by atoms with Gasteiger partial charge in [0, 0.05) is 0 Å². The van der Waals surface area contributed by atoms with Crippen molar-refractivity contribution >= 4 is 5.97 Å². The summed E-state index contributed by atoms with van der Waals surface area (Å²) in [5.74, 6) is -1.82. The number of hydrogen-bond acceptors (Lipinski definition) is 3. The first-order chi connectivity index (χ1) is 6.79. The van der Waals surface area contributed by atoms with Crippen molar-refractivity contribution in [2.45, 2.75) is 13.3 Å². The van der Waals surface area contributed by atoms with Gasteiger partial charge in [-0.15, -0.1) is 13.2 Å². The van der Waals surface area contributed by atoms with E-state index >= 15 is 0 Å². The summed E-state index contributed by atoms with van der Waals surface area (Å²) in [7, 11) is 0. The second-order valence-corrected chi connectivity index (χ2v) is 2.63. The number of hydrogen-bond donors (Lipinski definition) is 1. The lowest BCUT2D eigenvalue weighted by molar-refractivity contribution is -0.275. The summed E-state index contributed by atoms with van der Waals surface area (Å²) in [5, 5.41) is 8.51. The van der Waals surface area contributed by atoms with Crippen LogP contribution >= 0.6 is 0 Å². The molecule has 0 amide bonds. The summed E-state index contributed by atoms with van der Waals surface area (Å²) in [4.78, 5) is 13.9. The third kappa shape index (κ3) is 3.12. The smallest absolute Gasteiger partial charge is 0.477 e. The van der Waals surface area contributed by atoms with E-state index in [1.807, 2.05) is 0 Å². The number of rotatable bonds is 2. The van der Waals surface area contributed by atoms with Crippen molar-refractivity contribution in [3.63, 3.8) is 0 Å². The number of carbonyl (C=O) groups is 1. The van der Waals surface area contributed by atoms with Gasteiger partial charge in [-0.2, -0.15) is 0 Å². The van der Waals surface area contributed by atoms with Crippen LogP contribution in [0.4, 0.5) is 13.2 Å². The fraction of sp³-hybridized carbons (Fsp3) is 0.250. The van der Waals surface area contributed by atoms with Gasteiger partial charge in [0.15, 0.2) is 5.75 Å². The average Bonchev–Trinajstić information content (AvgIpc) is 2.05. The Morgan fingerprint density at radius 1 is 1.47 bits per heavy atom. The predicted octanol–water partition coefficient (Wildman–Crippen LogP) is 1.99. The standard InChI is InChI=1S/C8H6F3NO3/c1-4-6(15-8(9,10)11)3-2-5(12-4)7(13)14/h2-3H,1H3,(H,13,14). The summed E-state index contributed by atoms with van der Waals surface area (Å²) in [5.41, 5.74) is -0.464. The maximum atomic E-state index is 11.8. The van der Waals surface area contributed by atoms with Crippen molar-refractivity contribution < 1.29 is 27.8 Å². The monoisotopic (exact) mass is 221 g/mol.